The predicted octanol–water partition coefficient (Wildman–Crippen LogP) is 1.79. The van der Waals surface area contributed by atoms with Crippen LogP contribution < -0.4 is 10.2 Å². The summed E-state index contributed by atoms with van der Waals surface area (Å²) < 4.78 is 24.0. The molecule has 1 aromatic carbocycles. The molecule has 106 valence electrons. The van der Waals surface area contributed by atoms with Gasteiger partial charge in [-0.15, -0.1) is 0 Å². The number of anilines is 1. The van der Waals surface area contributed by atoms with E-state index in [1.165, 1.54) is 5.56 Å². The van der Waals surface area contributed by atoms with Gasteiger partial charge < -0.3 is 10.2 Å². The third-order valence-corrected chi connectivity index (χ3v) is 5.40. The summed E-state index contributed by atoms with van der Waals surface area (Å²) in [5.41, 5.74) is 2.34. The Morgan fingerprint density at radius 1 is 1.32 bits per heavy atom. The molecule has 0 radical (unpaired) electrons. The normalized spacial score (nSPS) is 18.5. The first kappa shape index (κ1) is 14.8. The van der Waals surface area contributed by atoms with Gasteiger partial charge >= 0.3 is 0 Å². The summed E-state index contributed by atoms with van der Waals surface area (Å²) in [6, 6.07) is 6.19. The van der Waals surface area contributed by atoms with Crippen LogP contribution >= 0.6 is 15.9 Å². The van der Waals surface area contributed by atoms with Gasteiger partial charge in [-0.05, 0) is 24.2 Å². The molecule has 4 nitrogen and oxygen atoms in total. The minimum absolute atomic E-state index is 0.250. The first-order chi connectivity index (χ1) is 9.02. The van der Waals surface area contributed by atoms with E-state index in [-0.39, 0.29) is 11.5 Å². The number of rotatable bonds is 4. The smallest absolute Gasteiger partial charge is 0.153 e. The van der Waals surface area contributed by atoms with Gasteiger partial charge in [-0.3, -0.25) is 0 Å². The highest BCUT2D eigenvalue weighted by Gasteiger charge is 2.23. The Hall–Kier alpha value is -0.590. The minimum Gasteiger partial charge on any atom is -0.369 e. The summed E-state index contributed by atoms with van der Waals surface area (Å²) >= 11 is 3.49. The molecule has 19 heavy (non-hydrogen) atoms. The maximum absolute atomic E-state index is 11.5. The summed E-state index contributed by atoms with van der Waals surface area (Å²) in [6.45, 7) is 4.97. The molecular formula is C13H19BrN2O2S. The van der Waals surface area contributed by atoms with Gasteiger partial charge in [0.2, 0.25) is 0 Å². The van der Waals surface area contributed by atoms with E-state index in [4.69, 9.17) is 0 Å². The Morgan fingerprint density at radius 3 is 2.63 bits per heavy atom. The third-order valence-electron chi connectivity index (χ3n) is 3.30. The summed E-state index contributed by atoms with van der Waals surface area (Å²) in [6.07, 6.45) is 0. The van der Waals surface area contributed by atoms with Crippen molar-refractivity contribution in [2.75, 3.05) is 36.0 Å². The highest BCUT2D eigenvalue weighted by Crippen LogP contribution is 2.26. The largest absolute Gasteiger partial charge is 0.369 e. The Bertz CT molecular complexity index is 532. The van der Waals surface area contributed by atoms with Gasteiger partial charge in [0.25, 0.3) is 0 Å². The topological polar surface area (TPSA) is 49.4 Å². The van der Waals surface area contributed by atoms with E-state index < -0.39 is 9.84 Å². The molecule has 1 aromatic rings. The van der Waals surface area contributed by atoms with Crippen LogP contribution in [0, 0.1) is 0 Å². The quantitative estimate of drug-likeness (QED) is 0.902. The van der Waals surface area contributed by atoms with E-state index in [0.717, 1.165) is 23.2 Å². The Morgan fingerprint density at radius 2 is 2.00 bits per heavy atom. The summed E-state index contributed by atoms with van der Waals surface area (Å²) in [7, 11) is -2.83. The molecule has 0 spiro atoms. The highest BCUT2D eigenvalue weighted by atomic mass is 79.9. The SMILES string of the molecule is CCNCc1ccc(Br)cc1N1CCS(=O)(=O)CC1. The van der Waals surface area contributed by atoms with Gasteiger partial charge in [0.1, 0.15) is 0 Å². The van der Waals surface area contributed by atoms with Crippen LogP contribution in [0.15, 0.2) is 22.7 Å². The van der Waals surface area contributed by atoms with Crippen LogP contribution in [0.2, 0.25) is 0 Å². The first-order valence-corrected chi connectivity index (χ1v) is 9.08. The molecule has 0 saturated carbocycles. The van der Waals surface area contributed by atoms with Crippen LogP contribution in [0.4, 0.5) is 5.69 Å². The molecule has 1 fully saturated rings. The van der Waals surface area contributed by atoms with Gasteiger partial charge in [-0.2, -0.15) is 0 Å². The molecule has 1 aliphatic heterocycles. The van der Waals surface area contributed by atoms with Crippen molar-refractivity contribution in [3.8, 4) is 0 Å². The van der Waals surface area contributed by atoms with Crippen LogP contribution in [0.3, 0.4) is 0 Å². The second-order valence-corrected chi connectivity index (χ2v) is 7.91. The van der Waals surface area contributed by atoms with E-state index in [1.807, 2.05) is 6.07 Å². The average molecular weight is 347 g/mol. The number of hydrogen-bond donors (Lipinski definition) is 1. The van der Waals surface area contributed by atoms with E-state index in [2.05, 4.69) is 45.2 Å². The van der Waals surface area contributed by atoms with Crippen molar-refractivity contribution in [1.82, 2.24) is 5.32 Å². The second kappa shape index (κ2) is 6.24. The number of nitrogens with zero attached hydrogens (tertiary/aromatic N) is 1. The van der Waals surface area contributed by atoms with E-state index >= 15 is 0 Å². The molecule has 2 rings (SSSR count). The molecule has 0 atom stereocenters. The predicted molar refractivity (Wildman–Crippen MR) is 82.4 cm³/mol. The summed E-state index contributed by atoms with van der Waals surface area (Å²) in [5, 5.41) is 3.32. The fourth-order valence-corrected chi connectivity index (χ4v) is 3.74. The molecule has 1 N–H and O–H groups in total. The first-order valence-electron chi connectivity index (χ1n) is 6.46. The van der Waals surface area contributed by atoms with Crippen LogP contribution in [-0.2, 0) is 16.4 Å². The molecule has 1 aliphatic rings. The average Bonchev–Trinajstić information content (AvgIpc) is 2.37. The van der Waals surface area contributed by atoms with E-state index in [9.17, 15) is 8.42 Å². The number of halogens is 1. The van der Waals surface area contributed by atoms with Crippen molar-refractivity contribution in [3.05, 3.63) is 28.2 Å². The second-order valence-electron chi connectivity index (χ2n) is 4.69. The lowest BCUT2D eigenvalue weighted by Gasteiger charge is -2.30. The zero-order valence-corrected chi connectivity index (χ0v) is 13.4. The van der Waals surface area contributed by atoms with Gasteiger partial charge in [-0.1, -0.05) is 28.9 Å². The third kappa shape index (κ3) is 3.94. The molecule has 1 saturated heterocycles. The number of benzene rings is 1. The minimum atomic E-state index is -2.83. The van der Waals surface area contributed by atoms with Crippen molar-refractivity contribution in [2.45, 2.75) is 13.5 Å². The molecule has 1 heterocycles. The molecule has 0 unspecified atom stereocenters. The fourth-order valence-electron chi connectivity index (χ4n) is 2.19. The van der Waals surface area contributed by atoms with Crippen LogP contribution in [0.5, 0.6) is 0 Å². The number of hydrogen-bond acceptors (Lipinski definition) is 4. The van der Waals surface area contributed by atoms with Gasteiger partial charge in [-0.25, -0.2) is 8.42 Å². The van der Waals surface area contributed by atoms with Crippen molar-refractivity contribution in [2.24, 2.45) is 0 Å². The lowest BCUT2D eigenvalue weighted by Crippen LogP contribution is -2.40. The van der Waals surface area contributed by atoms with Crippen LogP contribution in [0.25, 0.3) is 0 Å². The summed E-state index contributed by atoms with van der Waals surface area (Å²) in [4.78, 5) is 2.17. The van der Waals surface area contributed by atoms with Gasteiger partial charge in [0, 0.05) is 29.8 Å². The van der Waals surface area contributed by atoms with Gasteiger partial charge in [0.05, 0.1) is 11.5 Å². The lowest BCUT2D eigenvalue weighted by molar-refractivity contribution is 0.586. The molecule has 0 aliphatic carbocycles. The number of sulfone groups is 1. The van der Waals surface area contributed by atoms with Crippen LogP contribution in [0.1, 0.15) is 12.5 Å². The van der Waals surface area contributed by atoms with E-state index in [1.54, 1.807) is 0 Å². The molecular weight excluding hydrogens is 328 g/mol. The Kier molecular flexibility index (Phi) is 4.86. The standard InChI is InChI=1S/C13H19BrN2O2S/c1-2-15-10-11-3-4-12(14)9-13(11)16-5-7-19(17,18)8-6-16/h3-4,9,15H,2,5-8,10H2,1H3. The molecule has 6 heteroatoms. The maximum Gasteiger partial charge on any atom is 0.153 e. The maximum atomic E-state index is 11.5. The van der Waals surface area contributed by atoms with Gasteiger partial charge in [0.15, 0.2) is 9.84 Å². The van der Waals surface area contributed by atoms with Crippen molar-refractivity contribution < 1.29 is 8.42 Å². The Labute approximate surface area is 123 Å². The van der Waals surface area contributed by atoms with E-state index in [0.29, 0.717) is 13.1 Å². The molecule has 0 aromatic heterocycles. The molecule has 0 amide bonds. The highest BCUT2D eigenvalue weighted by molar-refractivity contribution is 9.10. The number of nitrogens with one attached hydrogen (secondary N) is 1. The summed E-state index contributed by atoms with van der Waals surface area (Å²) in [5.74, 6) is 0.500. The Balaban J connectivity index is 2.20. The lowest BCUT2D eigenvalue weighted by atomic mass is 10.1. The van der Waals surface area contributed by atoms with Crippen LogP contribution in [-0.4, -0.2) is 39.6 Å². The zero-order chi connectivity index (χ0) is 13.9. The fraction of sp³-hybridized carbons (Fsp3) is 0.538. The molecule has 0 bridgehead atoms. The van der Waals surface area contributed by atoms with Crippen molar-refractivity contribution >= 4 is 31.5 Å². The van der Waals surface area contributed by atoms with Crippen molar-refractivity contribution in [3.63, 3.8) is 0 Å². The van der Waals surface area contributed by atoms with Crippen molar-refractivity contribution in [1.29, 1.82) is 0 Å². The monoisotopic (exact) mass is 346 g/mol. The zero-order valence-electron chi connectivity index (χ0n) is 11.0.